The number of nitrogens with one attached hydrogen (secondary N) is 1. The fourth-order valence-electron chi connectivity index (χ4n) is 1.79. The van der Waals surface area contributed by atoms with Gasteiger partial charge in [0.2, 0.25) is 0 Å². The van der Waals surface area contributed by atoms with E-state index in [2.05, 4.69) is 5.32 Å². The van der Waals surface area contributed by atoms with Crippen LogP contribution in [0.15, 0.2) is 0 Å². The third-order valence-corrected chi connectivity index (χ3v) is 2.45. The van der Waals surface area contributed by atoms with Crippen LogP contribution in [0.4, 0.5) is 4.79 Å². The van der Waals surface area contributed by atoms with Gasteiger partial charge in [-0.25, -0.2) is 4.79 Å². The Morgan fingerprint density at radius 1 is 1.38 bits per heavy atom. The summed E-state index contributed by atoms with van der Waals surface area (Å²) in [6.45, 7) is 5.47. The van der Waals surface area contributed by atoms with E-state index >= 15 is 0 Å². The molecule has 1 saturated carbocycles. The minimum absolute atomic E-state index is 0.0511. The van der Waals surface area contributed by atoms with E-state index in [1.165, 1.54) is 0 Å². The van der Waals surface area contributed by atoms with E-state index in [1.54, 1.807) is 0 Å². The summed E-state index contributed by atoms with van der Waals surface area (Å²) in [5.41, 5.74) is -0.487. The average Bonchev–Trinajstić information content (AvgIpc) is 2.26. The summed E-state index contributed by atoms with van der Waals surface area (Å²) in [5, 5.41) is 2.76. The number of hydrogen-bond acceptors (Lipinski definition) is 3. The summed E-state index contributed by atoms with van der Waals surface area (Å²) in [7, 11) is 0. The minimum Gasteiger partial charge on any atom is -0.444 e. The summed E-state index contributed by atoms with van der Waals surface area (Å²) in [5.74, 6) is 0.235. The molecule has 1 aliphatic carbocycles. The number of ether oxygens (including phenoxy) is 1. The highest BCUT2D eigenvalue weighted by atomic mass is 16.6. The Morgan fingerprint density at radius 2 is 2.06 bits per heavy atom. The number of hydrogen-bond donors (Lipinski definition) is 1. The predicted octanol–water partition coefficient (Wildman–Crippen LogP) is 2.41. The Balaban J connectivity index is 2.40. The van der Waals surface area contributed by atoms with E-state index < -0.39 is 11.7 Å². The third kappa shape index (κ3) is 5.14. The summed E-state index contributed by atoms with van der Waals surface area (Å²) in [4.78, 5) is 22.9. The molecule has 0 saturated heterocycles. The molecule has 1 amide bonds. The van der Waals surface area contributed by atoms with Crippen molar-refractivity contribution in [3.8, 4) is 0 Å². The van der Waals surface area contributed by atoms with E-state index in [9.17, 15) is 9.59 Å². The van der Waals surface area contributed by atoms with Crippen molar-refractivity contribution in [3.05, 3.63) is 0 Å². The Morgan fingerprint density at radius 3 is 2.69 bits per heavy atom. The van der Waals surface area contributed by atoms with Crippen LogP contribution in [0.3, 0.4) is 0 Å². The fourth-order valence-corrected chi connectivity index (χ4v) is 1.79. The smallest absolute Gasteiger partial charge is 0.407 e. The van der Waals surface area contributed by atoms with Gasteiger partial charge in [0.05, 0.1) is 0 Å². The van der Waals surface area contributed by atoms with Gasteiger partial charge >= 0.3 is 6.09 Å². The second kappa shape index (κ2) is 5.32. The molecule has 0 heterocycles. The summed E-state index contributed by atoms with van der Waals surface area (Å²) < 4.78 is 5.16. The monoisotopic (exact) mass is 227 g/mol. The van der Waals surface area contributed by atoms with Crippen molar-refractivity contribution in [3.63, 3.8) is 0 Å². The number of ketones is 1. The number of alkyl carbamates (subject to hydrolysis) is 1. The Labute approximate surface area is 96.7 Å². The highest BCUT2D eigenvalue weighted by molar-refractivity contribution is 5.80. The van der Waals surface area contributed by atoms with E-state index in [4.69, 9.17) is 4.74 Å². The molecule has 4 nitrogen and oxygen atoms in total. The first kappa shape index (κ1) is 13.0. The Kier molecular flexibility index (Phi) is 4.33. The van der Waals surface area contributed by atoms with Crippen LogP contribution >= 0.6 is 0 Å². The lowest BCUT2D eigenvalue weighted by molar-refractivity contribution is -0.119. The van der Waals surface area contributed by atoms with Crippen molar-refractivity contribution >= 4 is 11.9 Å². The van der Waals surface area contributed by atoms with Gasteiger partial charge in [0.1, 0.15) is 11.4 Å². The van der Waals surface area contributed by atoms with Gasteiger partial charge in [-0.3, -0.25) is 4.79 Å². The second-order valence-electron chi connectivity index (χ2n) is 5.33. The van der Waals surface area contributed by atoms with Gasteiger partial charge in [-0.1, -0.05) is 6.42 Å². The molecule has 0 aromatic heterocycles. The van der Waals surface area contributed by atoms with Gasteiger partial charge < -0.3 is 10.1 Å². The van der Waals surface area contributed by atoms with E-state index in [1.807, 2.05) is 20.8 Å². The molecule has 4 heteroatoms. The van der Waals surface area contributed by atoms with Crippen molar-refractivity contribution in [2.45, 2.75) is 64.5 Å². The van der Waals surface area contributed by atoms with Gasteiger partial charge in [0.15, 0.2) is 0 Å². The molecule has 0 aliphatic heterocycles. The Hall–Kier alpha value is -1.06. The summed E-state index contributed by atoms with van der Waals surface area (Å²) in [6.07, 6.45) is 3.46. The molecule has 92 valence electrons. The molecule has 0 unspecified atom stereocenters. The van der Waals surface area contributed by atoms with Gasteiger partial charge in [-0.15, -0.1) is 0 Å². The molecule has 0 radical (unpaired) electrons. The molecule has 1 aliphatic rings. The van der Waals surface area contributed by atoms with Gasteiger partial charge in [0, 0.05) is 18.9 Å². The van der Waals surface area contributed by atoms with Gasteiger partial charge in [-0.05, 0) is 33.6 Å². The molecule has 16 heavy (non-hydrogen) atoms. The number of carbonyl (C=O) groups is 2. The van der Waals surface area contributed by atoms with Crippen LogP contribution in [0.5, 0.6) is 0 Å². The second-order valence-corrected chi connectivity index (χ2v) is 5.33. The molecule has 0 bridgehead atoms. The van der Waals surface area contributed by atoms with E-state index in [-0.39, 0.29) is 11.8 Å². The molecule has 0 aromatic rings. The Bertz CT molecular complexity index is 268. The highest BCUT2D eigenvalue weighted by Gasteiger charge is 2.22. The van der Waals surface area contributed by atoms with Crippen LogP contribution in [0.2, 0.25) is 0 Å². The van der Waals surface area contributed by atoms with Crippen molar-refractivity contribution in [2.75, 3.05) is 0 Å². The lowest BCUT2D eigenvalue weighted by Gasteiger charge is -2.22. The maximum absolute atomic E-state index is 11.5. The fraction of sp³-hybridized carbons (Fsp3) is 0.833. The minimum atomic E-state index is -0.487. The van der Waals surface area contributed by atoms with Crippen LogP contribution in [-0.4, -0.2) is 23.5 Å². The van der Waals surface area contributed by atoms with Crippen molar-refractivity contribution < 1.29 is 14.3 Å². The topological polar surface area (TPSA) is 55.4 Å². The largest absolute Gasteiger partial charge is 0.444 e. The maximum atomic E-state index is 11.5. The SMILES string of the molecule is CC(C)(C)OC(=O)N[C@H]1CCCCC(=O)C1. The van der Waals surface area contributed by atoms with Gasteiger partial charge in [-0.2, -0.15) is 0 Å². The van der Waals surface area contributed by atoms with Crippen molar-refractivity contribution in [1.29, 1.82) is 0 Å². The normalized spacial score (nSPS) is 22.4. The van der Waals surface area contributed by atoms with Crippen LogP contribution in [-0.2, 0) is 9.53 Å². The predicted molar refractivity (Wildman–Crippen MR) is 61.2 cm³/mol. The third-order valence-electron chi connectivity index (χ3n) is 2.45. The number of amides is 1. The van der Waals surface area contributed by atoms with Crippen LogP contribution in [0, 0.1) is 0 Å². The van der Waals surface area contributed by atoms with Crippen LogP contribution in [0.1, 0.15) is 52.9 Å². The van der Waals surface area contributed by atoms with Crippen LogP contribution in [0.25, 0.3) is 0 Å². The molecular formula is C12H21NO3. The standard InChI is InChI=1S/C12H21NO3/c1-12(2,3)16-11(15)13-9-6-4-5-7-10(14)8-9/h9H,4-8H2,1-3H3,(H,13,15)/t9-/m0/s1. The molecule has 0 spiro atoms. The average molecular weight is 227 g/mol. The first-order valence-electron chi connectivity index (χ1n) is 5.88. The zero-order valence-electron chi connectivity index (χ0n) is 10.3. The van der Waals surface area contributed by atoms with E-state index in [0.717, 1.165) is 19.3 Å². The lowest BCUT2D eigenvalue weighted by atomic mass is 10.1. The molecule has 1 atom stereocenters. The number of carbonyl (C=O) groups excluding carboxylic acids is 2. The number of Topliss-reactive ketones (excluding diaryl/α,β-unsaturated/α-hetero) is 1. The van der Waals surface area contributed by atoms with Crippen molar-refractivity contribution in [1.82, 2.24) is 5.32 Å². The first-order chi connectivity index (χ1) is 7.37. The number of rotatable bonds is 1. The zero-order valence-corrected chi connectivity index (χ0v) is 10.3. The summed E-state index contributed by atoms with van der Waals surface area (Å²) in [6, 6.07) is -0.0511. The quantitative estimate of drug-likeness (QED) is 0.700. The molecular weight excluding hydrogens is 206 g/mol. The van der Waals surface area contributed by atoms with Crippen molar-refractivity contribution in [2.24, 2.45) is 0 Å². The van der Waals surface area contributed by atoms with E-state index in [0.29, 0.717) is 12.8 Å². The highest BCUT2D eigenvalue weighted by Crippen LogP contribution is 2.15. The lowest BCUT2D eigenvalue weighted by Crippen LogP contribution is -2.39. The maximum Gasteiger partial charge on any atom is 0.407 e. The molecule has 1 N–H and O–H groups in total. The molecule has 1 fully saturated rings. The van der Waals surface area contributed by atoms with Gasteiger partial charge in [0.25, 0.3) is 0 Å². The summed E-state index contributed by atoms with van der Waals surface area (Å²) >= 11 is 0. The molecule has 0 aromatic carbocycles. The molecule has 1 rings (SSSR count). The van der Waals surface area contributed by atoms with Crippen LogP contribution < -0.4 is 5.32 Å². The zero-order chi connectivity index (χ0) is 12.2. The first-order valence-corrected chi connectivity index (χ1v) is 5.88.